The predicted octanol–water partition coefficient (Wildman–Crippen LogP) is 4.84. The second kappa shape index (κ2) is 11.1. The lowest BCUT2D eigenvalue weighted by Crippen LogP contribution is -2.56. The van der Waals surface area contributed by atoms with Crippen molar-refractivity contribution >= 4 is 29.3 Å². The van der Waals surface area contributed by atoms with Gasteiger partial charge in [0.1, 0.15) is 36.0 Å². The molecule has 226 valence electrons. The highest BCUT2D eigenvalue weighted by Crippen LogP contribution is 2.57. The first-order valence-corrected chi connectivity index (χ1v) is 15.4. The highest BCUT2D eigenvalue weighted by atomic mass is 19.1. The topological polar surface area (TPSA) is 111 Å². The number of aromatic nitrogens is 2. The van der Waals surface area contributed by atoms with Gasteiger partial charge in [0.15, 0.2) is 0 Å². The fourth-order valence-electron chi connectivity index (χ4n) is 7.32. The van der Waals surface area contributed by atoms with Gasteiger partial charge in [-0.2, -0.15) is 0 Å². The molecule has 3 fully saturated rings. The molecule has 2 aliphatic heterocycles. The van der Waals surface area contributed by atoms with Gasteiger partial charge in [0.25, 0.3) is 0 Å². The van der Waals surface area contributed by atoms with E-state index in [-0.39, 0.29) is 24.5 Å². The fourth-order valence-corrected chi connectivity index (χ4v) is 7.32. The van der Waals surface area contributed by atoms with Crippen molar-refractivity contribution < 1.29 is 28.2 Å². The average molecular weight is 581 g/mol. The summed E-state index contributed by atoms with van der Waals surface area (Å²) in [5.41, 5.74) is 1.05. The van der Waals surface area contributed by atoms with Gasteiger partial charge < -0.3 is 24.5 Å². The van der Waals surface area contributed by atoms with Crippen molar-refractivity contribution in [2.24, 2.45) is 29.1 Å². The Labute approximate surface area is 245 Å². The Hall–Kier alpha value is -3.30. The van der Waals surface area contributed by atoms with Crippen LogP contribution in [0.3, 0.4) is 0 Å². The Kier molecular flexibility index (Phi) is 7.60. The molecule has 0 spiro atoms. The molecule has 2 amide bonds. The largest absolute Gasteiger partial charge is 0.471 e. The molecule has 42 heavy (non-hydrogen) atoms. The van der Waals surface area contributed by atoms with Crippen LogP contribution in [0.2, 0.25) is 0 Å². The first kappa shape index (κ1) is 28.8. The zero-order valence-corrected chi connectivity index (χ0v) is 24.8. The number of hydrogen-bond acceptors (Lipinski definition) is 7. The van der Waals surface area contributed by atoms with Crippen molar-refractivity contribution in [1.29, 1.82) is 0 Å². The molecule has 0 radical (unpaired) electrons. The lowest BCUT2D eigenvalue weighted by molar-refractivity contribution is -0.139. The minimum absolute atomic E-state index is 0.142. The van der Waals surface area contributed by atoms with Crippen molar-refractivity contribution in [1.82, 2.24) is 20.2 Å². The molecule has 1 aromatic carbocycles. The van der Waals surface area contributed by atoms with Gasteiger partial charge in [0.2, 0.25) is 11.8 Å². The van der Waals surface area contributed by atoms with Crippen LogP contribution in [0.1, 0.15) is 71.9 Å². The number of benzene rings is 1. The molecule has 1 N–H and O–H groups in total. The number of carbonyl (C=O) groups excluding carboxylic acids is 3. The standard InChI is InChI=1S/C32H41FN4O5/c1-17-25(16-38)37-15-27(17)41-29-23(34-22-11-10-19(33)14-24(22)35-29)9-7-5-6-8-20-21-12-18(21)13-26(20)42-31(40)36-28(30(37)39)32(2,3)4/h10-11,14,16-18,20-21,25-28H,5-9,12-13,15H2,1-4H3,(H,36,40)/t17-,18?,20+,21?,25+,26+,27-,28+/m0/s1. The van der Waals surface area contributed by atoms with Crippen molar-refractivity contribution in [3.63, 3.8) is 0 Å². The Bertz CT molecular complexity index is 1380. The molecule has 1 saturated heterocycles. The van der Waals surface area contributed by atoms with Gasteiger partial charge in [-0.3, -0.25) is 4.79 Å². The quantitative estimate of drug-likeness (QED) is 0.481. The number of aryl methyl sites for hydroxylation is 1. The van der Waals surface area contributed by atoms with Gasteiger partial charge in [-0.15, -0.1) is 0 Å². The maximum atomic E-state index is 14.1. The Balaban J connectivity index is 1.34. The van der Waals surface area contributed by atoms with Crippen molar-refractivity contribution in [2.45, 2.75) is 96.9 Å². The summed E-state index contributed by atoms with van der Waals surface area (Å²) < 4.78 is 26.5. The SMILES string of the molecule is C[C@@H]1[C@@H]2CN(C(=O)[C@H](C(C)(C)C)NC(=O)O[C@@H]3CC4CC4[C@H]3CCCCCc3nc4ccc(F)cc4nc3O2)[C@@H]1C=O. The Morgan fingerprint density at radius 2 is 1.83 bits per heavy atom. The van der Waals surface area contributed by atoms with E-state index in [1.54, 1.807) is 6.07 Å². The molecular weight excluding hydrogens is 539 g/mol. The van der Waals surface area contributed by atoms with Crippen LogP contribution < -0.4 is 10.1 Å². The van der Waals surface area contributed by atoms with E-state index >= 15 is 0 Å². The lowest BCUT2D eigenvalue weighted by Gasteiger charge is -2.35. The minimum atomic E-state index is -0.898. The van der Waals surface area contributed by atoms with Crippen molar-refractivity contribution in [3.05, 3.63) is 29.7 Å². The molecule has 2 bridgehead atoms. The second-order valence-electron chi connectivity index (χ2n) is 13.8. The summed E-state index contributed by atoms with van der Waals surface area (Å²) in [6.07, 6.45) is 6.08. The summed E-state index contributed by atoms with van der Waals surface area (Å²) >= 11 is 0. The second-order valence-corrected chi connectivity index (χ2v) is 13.8. The van der Waals surface area contributed by atoms with E-state index in [0.29, 0.717) is 46.8 Å². The first-order chi connectivity index (χ1) is 20.0. The number of aldehydes is 1. The number of nitrogens with one attached hydrogen (secondary N) is 1. The van der Waals surface area contributed by atoms with Gasteiger partial charge in [0.05, 0.1) is 23.6 Å². The van der Waals surface area contributed by atoms with E-state index < -0.39 is 35.5 Å². The normalized spacial score (nSPS) is 33.8. The highest BCUT2D eigenvalue weighted by molar-refractivity contribution is 5.89. The van der Waals surface area contributed by atoms with E-state index in [9.17, 15) is 18.8 Å². The number of hydrogen-bond donors (Lipinski definition) is 1. The van der Waals surface area contributed by atoms with Gasteiger partial charge in [-0.1, -0.05) is 40.5 Å². The van der Waals surface area contributed by atoms with Gasteiger partial charge in [-0.05, 0) is 67.4 Å². The van der Waals surface area contributed by atoms with Crippen LogP contribution >= 0.6 is 0 Å². The molecule has 4 aliphatic rings. The third-order valence-electron chi connectivity index (χ3n) is 9.83. The third-order valence-corrected chi connectivity index (χ3v) is 9.83. The zero-order chi connectivity index (χ0) is 29.8. The van der Waals surface area contributed by atoms with E-state index in [2.05, 4.69) is 10.3 Å². The number of alkyl carbamates (subject to hydrolysis) is 1. The molecule has 9 nitrogen and oxygen atoms in total. The molecule has 2 aromatic rings. The number of rotatable bonds is 1. The molecule has 2 saturated carbocycles. The highest BCUT2D eigenvalue weighted by Gasteiger charge is 2.54. The Morgan fingerprint density at radius 3 is 2.60 bits per heavy atom. The van der Waals surface area contributed by atoms with E-state index in [1.165, 1.54) is 23.5 Å². The molecule has 2 unspecified atom stereocenters. The average Bonchev–Trinajstić information content (AvgIpc) is 3.51. The summed E-state index contributed by atoms with van der Waals surface area (Å²) in [5.74, 6) is 0.768. The number of ether oxygens (including phenoxy) is 2. The Morgan fingerprint density at radius 1 is 1.02 bits per heavy atom. The summed E-state index contributed by atoms with van der Waals surface area (Å²) in [5, 5.41) is 2.87. The summed E-state index contributed by atoms with van der Waals surface area (Å²) in [6, 6.07) is 2.69. The molecule has 2 aliphatic carbocycles. The summed E-state index contributed by atoms with van der Waals surface area (Å²) in [7, 11) is 0. The zero-order valence-electron chi connectivity index (χ0n) is 24.8. The van der Waals surface area contributed by atoms with Crippen LogP contribution in [-0.2, 0) is 20.7 Å². The number of fused-ring (bicyclic) bond motifs is 7. The smallest absolute Gasteiger partial charge is 0.408 e. The number of amides is 2. The lowest BCUT2D eigenvalue weighted by atomic mass is 9.85. The predicted molar refractivity (Wildman–Crippen MR) is 153 cm³/mol. The van der Waals surface area contributed by atoms with Crippen molar-refractivity contribution in [2.75, 3.05) is 6.54 Å². The van der Waals surface area contributed by atoms with E-state index in [0.717, 1.165) is 38.4 Å². The maximum Gasteiger partial charge on any atom is 0.408 e. The van der Waals surface area contributed by atoms with Gasteiger partial charge >= 0.3 is 6.09 Å². The fraction of sp³-hybridized carbons (Fsp3) is 0.656. The summed E-state index contributed by atoms with van der Waals surface area (Å²) in [6.45, 7) is 7.66. The summed E-state index contributed by atoms with van der Waals surface area (Å²) in [4.78, 5) is 50.5. The number of nitrogens with zero attached hydrogens (tertiary/aromatic N) is 3. The monoisotopic (exact) mass is 580 g/mol. The maximum absolute atomic E-state index is 14.1. The van der Waals surface area contributed by atoms with Crippen LogP contribution in [0.5, 0.6) is 5.88 Å². The first-order valence-electron chi connectivity index (χ1n) is 15.4. The van der Waals surface area contributed by atoms with Crippen molar-refractivity contribution in [3.8, 4) is 5.88 Å². The number of halogens is 1. The number of carbonyl (C=O) groups is 3. The van der Waals surface area contributed by atoms with Gasteiger partial charge in [-0.25, -0.2) is 19.2 Å². The molecule has 10 heteroatoms. The minimum Gasteiger partial charge on any atom is -0.471 e. The molecule has 6 rings (SSSR count). The third kappa shape index (κ3) is 5.56. The van der Waals surface area contributed by atoms with Crippen LogP contribution in [0.15, 0.2) is 18.2 Å². The molecule has 8 atom stereocenters. The molecule has 1 aromatic heterocycles. The van der Waals surface area contributed by atoms with Crippen LogP contribution in [0.4, 0.5) is 9.18 Å². The molecular formula is C32H41FN4O5. The van der Waals surface area contributed by atoms with E-state index in [1.807, 2.05) is 27.7 Å². The molecule has 3 heterocycles. The van der Waals surface area contributed by atoms with Gasteiger partial charge in [0, 0.05) is 12.0 Å². The van der Waals surface area contributed by atoms with Crippen LogP contribution in [0, 0.1) is 34.9 Å². The van der Waals surface area contributed by atoms with Crippen LogP contribution in [-0.4, -0.2) is 64.0 Å². The van der Waals surface area contributed by atoms with E-state index in [4.69, 9.17) is 14.5 Å². The van der Waals surface area contributed by atoms with Crippen LogP contribution in [0.25, 0.3) is 11.0 Å².